The van der Waals surface area contributed by atoms with Gasteiger partial charge in [0, 0.05) is 35.6 Å². The van der Waals surface area contributed by atoms with Crippen molar-refractivity contribution in [2.75, 3.05) is 21.3 Å². The topological polar surface area (TPSA) is 73.9 Å². The van der Waals surface area contributed by atoms with Gasteiger partial charge < -0.3 is 19.5 Å². The van der Waals surface area contributed by atoms with Crippen molar-refractivity contribution in [3.63, 3.8) is 0 Å². The lowest BCUT2D eigenvalue weighted by Crippen LogP contribution is -2.38. The van der Waals surface area contributed by atoms with Gasteiger partial charge in [-0.05, 0) is 36.1 Å². The molecule has 1 heterocycles. The summed E-state index contributed by atoms with van der Waals surface area (Å²) in [5.74, 6) is 1.58. The number of hydrogen-bond acceptors (Lipinski definition) is 5. The van der Waals surface area contributed by atoms with Crippen molar-refractivity contribution in [1.29, 1.82) is 0 Å². The Hall–Kier alpha value is -3.28. The van der Waals surface area contributed by atoms with Crippen LogP contribution < -0.4 is 19.5 Å². The van der Waals surface area contributed by atoms with Crippen LogP contribution in [0.15, 0.2) is 53.7 Å². The molecule has 1 aliphatic carbocycles. The summed E-state index contributed by atoms with van der Waals surface area (Å²) in [6, 6.07) is 13.3. The van der Waals surface area contributed by atoms with Crippen molar-refractivity contribution in [1.82, 2.24) is 5.32 Å². The lowest BCUT2D eigenvalue weighted by Gasteiger charge is -2.35. The number of carbonyl (C=O) groups is 2. The van der Waals surface area contributed by atoms with Crippen LogP contribution in [0, 0.1) is 0 Å². The van der Waals surface area contributed by atoms with Gasteiger partial charge >= 0.3 is 0 Å². The number of Topliss-reactive ketones (excluding diaryl/α,β-unsaturated/α-hetero) is 1. The number of carbonyl (C=O) groups excluding carboxylic acids is 2. The van der Waals surface area contributed by atoms with Crippen molar-refractivity contribution >= 4 is 11.7 Å². The van der Waals surface area contributed by atoms with Crippen LogP contribution in [0.5, 0.6) is 17.2 Å². The second kappa shape index (κ2) is 8.22. The third-order valence-corrected chi connectivity index (χ3v) is 5.93. The Labute approximate surface area is 175 Å². The Morgan fingerprint density at radius 3 is 2.30 bits per heavy atom. The van der Waals surface area contributed by atoms with E-state index < -0.39 is 0 Å². The van der Waals surface area contributed by atoms with Gasteiger partial charge in [-0.2, -0.15) is 0 Å². The maximum absolute atomic E-state index is 13.3. The molecule has 1 amide bonds. The van der Waals surface area contributed by atoms with Crippen LogP contribution in [0.2, 0.25) is 0 Å². The molecule has 0 saturated carbocycles. The zero-order valence-corrected chi connectivity index (χ0v) is 17.4. The quantitative estimate of drug-likeness (QED) is 0.818. The predicted molar refractivity (Wildman–Crippen MR) is 112 cm³/mol. The van der Waals surface area contributed by atoms with Gasteiger partial charge in [0.25, 0.3) is 0 Å². The Balaban J connectivity index is 1.73. The molecule has 30 heavy (non-hydrogen) atoms. The van der Waals surface area contributed by atoms with E-state index in [2.05, 4.69) is 5.32 Å². The van der Waals surface area contributed by atoms with E-state index in [-0.39, 0.29) is 29.9 Å². The Morgan fingerprint density at radius 2 is 1.63 bits per heavy atom. The molecule has 2 atom stereocenters. The molecule has 0 saturated heterocycles. The van der Waals surface area contributed by atoms with Gasteiger partial charge in [0.1, 0.15) is 5.75 Å². The summed E-state index contributed by atoms with van der Waals surface area (Å²) >= 11 is 0. The van der Waals surface area contributed by atoms with Crippen molar-refractivity contribution in [2.24, 2.45) is 0 Å². The molecule has 156 valence electrons. The number of rotatable bonds is 5. The van der Waals surface area contributed by atoms with E-state index in [1.54, 1.807) is 21.3 Å². The second-order valence-corrected chi connectivity index (χ2v) is 7.58. The third-order valence-electron chi connectivity index (χ3n) is 5.93. The SMILES string of the molecule is COc1ccc([C@H]2CC(=O)C3=C(C2)NC(=O)C[C@@H]3c2cccc(OC)c2OC)cc1. The molecule has 4 rings (SSSR count). The minimum atomic E-state index is -0.344. The molecule has 0 radical (unpaired) electrons. The maximum Gasteiger partial charge on any atom is 0.225 e. The van der Waals surface area contributed by atoms with Gasteiger partial charge in [0.05, 0.1) is 21.3 Å². The van der Waals surface area contributed by atoms with Gasteiger partial charge in [-0.25, -0.2) is 0 Å². The summed E-state index contributed by atoms with van der Waals surface area (Å²) in [6.45, 7) is 0. The van der Waals surface area contributed by atoms with E-state index in [0.29, 0.717) is 29.9 Å². The molecule has 2 aromatic carbocycles. The van der Waals surface area contributed by atoms with Gasteiger partial charge in [-0.3, -0.25) is 9.59 Å². The number of allylic oxidation sites excluding steroid dienone is 2. The van der Waals surface area contributed by atoms with Gasteiger partial charge in [-0.15, -0.1) is 0 Å². The van der Waals surface area contributed by atoms with Crippen LogP contribution in [0.1, 0.15) is 42.2 Å². The summed E-state index contributed by atoms with van der Waals surface area (Å²) in [5.41, 5.74) is 3.27. The molecule has 0 spiro atoms. The van der Waals surface area contributed by atoms with Crippen LogP contribution in [0.3, 0.4) is 0 Å². The highest BCUT2D eigenvalue weighted by Crippen LogP contribution is 2.46. The smallest absolute Gasteiger partial charge is 0.225 e. The first kappa shape index (κ1) is 20.0. The lowest BCUT2D eigenvalue weighted by molar-refractivity contribution is -0.122. The second-order valence-electron chi connectivity index (χ2n) is 7.58. The summed E-state index contributed by atoms with van der Waals surface area (Å²) in [5, 5.41) is 2.96. The molecule has 2 aromatic rings. The van der Waals surface area contributed by atoms with E-state index in [1.165, 1.54) is 0 Å². The Kier molecular flexibility index (Phi) is 5.48. The van der Waals surface area contributed by atoms with Gasteiger partial charge in [-0.1, -0.05) is 24.3 Å². The number of nitrogens with one attached hydrogen (secondary N) is 1. The van der Waals surface area contributed by atoms with Crippen LogP contribution in [0.4, 0.5) is 0 Å². The van der Waals surface area contributed by atoms with Gasteiger partial charge in [0.15, 0.2) is 17.3 Å². The first-order chi connectivity index (χ1) is 14.5. The van der Waals surface area contributed by atoms with Crippen molar-refractivity contribution < 1.29 is 23.8 Å². The number of methoxy groups -OCH3 is 3. The predicted octanol–water partition coefficient (Wildman–Crippen LogP) is 3.72. The first-order valence-corrected chi connectivity index (χ1v) is 9.96. The van der Waals surface area contributed by atoms with Crippen molar-refractivity contribution in [2.45, 2.75) is 31.1 Å². The molecule has 0 bridgehead atoms. The fraction of sp³-hybridized carbons (Fsp3) is 0.333. The van der Waals surface area contributed by atoms with Crippen molar-refractivity contribution in [3.05, 3.63) is 64.9 Å². The first-order valence-electron chi connectivity index (χ1n) is 9.96. The van der Waals surface area contributed by atoms with Crippen LogP contribution in [-0.2, 0) is 9.59 Å². The number of para-hydroxylation sites is 1. The molecule has 1 aliphatic heterocycles. The summed E-state index contributed by atoms with van der Waals surface area (Å²) < 4.78 is 16.2. The Bertz CT molecular complexity index is 1010. The summed E-state index contributed by atoms with van der Waals surface area (Å²) in [7, 11) is 4.77. The molecule has 6 heteroatoms. The molecular weight excluding hydrogens is 382 g/mol. The minimum absolute atomic E-state index is 0.0217. The van der Waals surface area contributed by atoms with Gasteiger partial charge in [0.2, 0.25) is 5.91 Å². The minimum Gasteiger partial charge on any atom is -0.497 e. The number of hydrogen-bond donors (Lipinski definition) is 1. The molecule has 6 nitrogen and oxygen atoms in total. The van der Waals surface area contributed by atoms with Crippen LogP contribution in [-0.4, -0.2) is 33.0 Å². The molecule has 2 aliphatic rings. The van der Waals surface area contributed by atoms with E-state index in [1.807, 2.05) is 42.5 Å². The van der Waals surface area contributed by atoms with Crippen LogP contribution >= 0.6 is 0 Å². The molecule has 0 unspecified atom stereocenters. The molecule has 1 N–H and O–H groups in total. The highest BCUT2D eigenvalue weighted by molar-refractivity contribution is 6.02. The van der Waals surface area contributed by atoms with Crippen molar-refractivity contribution in [3.8, 4) is 17.2 Å². The standard InChI is InChI=1S/C24H25NO5/c1-28-16-9-7-14(8-10-16)15-11-19-23(20(26)12-15)18(13-22(27)25-19)17-5-4-6-21(29-2)24(17)30-3/h4-10,15,18H,11-13H2,1-3H3,(H,25,27)/t15-,18-/m1/s1. The Morgan fingerprint density at radius 1 is 0.867 bits per heavy atom. The summed E-state index contributed by atoms with van der Waals surface area (Å²) in [6.07, 6.45) is 1.23. The monoisotopic (exact) mass is 407 g/mol. The van der Waals surface area contributed by atoms with E-state index in [0.717, 1.165) is 22.6 Å². The van der Waals surface area contributed by atoms with E-state index >= 15 is 0 Å². The van der Waals surface area contributed by atoms with Crippen LogP contribution in [0.25, 0.3) is 0 Å². The fourth-order valence-electron chi connectivity index (χ4n) is 4.52. The zero-order valence-electron chi connectivity index (χ0n) is 17.4. The number of amides is 1. The van der Waals surface area contributed by atoms with E-state index in [4.69, 9.17) is 14.2 Å². The zero-order chi connectivity index (χ0) is 21.3. The highest BCUT2D eigenvalue weighted by atomic mass is 16.5. The lowest BCUT2D eigenvalue weighted by atomic mass is 9.73. The van der Waals surface area contributed by atoms with E-state index in [9.17, 15) is 9.59 Å². The number of ketones is 1. The third kappa shape index (κ3) is 3.54. The number of benzene rings is 2. The molecule has 0 fully saturated rings. The molecule has 0 aromatic heterocycles. The number of ether oxygens (including phenoxy) is 3. The largest absolute Gasteiger partial charge is 0.497 e. The maximum atomic E-state index is 13.3. The summed E-state index contributed by atoms with van der Waals surface area (Å²) in [4.78, 5) is 25.8. The molecular formula is C24H25NO5. The fourth-order valence-corrected chi connectivity index (χ4v) is 4.52. The normalized spacial score (nSPS) is 21.0. The average molecular weight is 407 g/mol. The highest BCUT2D eigenvalue weighted by Gasteiger charge is 2.39. The average Bonchev–Trinajstić information content (AvgIpc) is 2.77.